The van der Waals surface area contributed by atoms with Gasteiger partial charge in [-0.25, -0.2) is 4.39 Å². The lowest BCUT2D eigenvalue weighted by molar-refractivity contribution is -0.155. The third kappa shape index (κ3) is 3.78. The van der Waals surface area contributed by atoms with Crippen LogP contribution in [0.1, 0.15) is 31.1 Å². The van der Waals surface area contributed by atoms with E-state index in [0.717, 1.165) is 0 Å². The van der Waals surface area contributed by atoms with Crippen molar-refractivity contribution in [3.05, 3.63) is 42.0 Å². The van der Waals surface area contributed by atoms with Gasteiger partial charge in [0.15, 0.2) is 6.29 Å². The van der Waals surface area contributed by atoms with Gasteiger partial charge in [-0.2, -0.15) is 5.10 Å². The summed E-state index contributed by atoms with van der Waals surface area (Å²) in [4.78, 5) is 22.8. The first-order valence-electron chi connectivity index (χ1n) is 6.78. The van der Waals surface area contributed by atoms with E-state index < -0.39 is 17.4 Å². The van der Waals surface area contributed by atoms with Crippen LogP contribution < -0.4 is 0 Å². The average Bonchev–Trinajstić information content (AvgIpc) is 2.84. The molecule has 0 N–H and O–H groups in total. The fraction of sp³-hybridized carbons (Fsp3) is 0.312. The van der Waals surface area contributed by atoms with Gasteiger partial charge in [0.2, 0.25) is 0 Å². The zero-order chi connectivity index (χ0) is 16.3. The predicted octanol–water partition coefficient (Wildman–Crippen LogP) is 2.84. The van der Waals surface area contributed by atoms with Crippen molar-refractivity contribution in [1.82, 2.24) is 9.78 Å². The molecule has 0 radical (unpaired) electrons. The number of hydrogen-bond acceptors (Lipinski definition) is 4. The lowest BCUT2D eigenvalue weighted by atomic mass is 10.0. The van der Waals surface area contributed by atoms with Crippen molar-refractivity contribution >= 4 is 12.3 Å². The van der Waals surface area contributed by atoms with Gasteiger partial charge in [0, 0.05) is 11.8 Å². The minimum absolute atomic E-state index is 0.0284. The predicted molar refractivity (Wildman–Crippen MR) is 78.9 cm³/mol. The van der Waals surface area contributed by atoms with E-state index in [1.807, 2.05) is 0 Å². The molecular formula is C16H17FN2O3. The fourth-order valence-electron chi connectivity index (χ4n) is 2.00. The van der Waals surface area contributed by atoms with Crippen LogP contribution in [0.2, 0.25) is 0 Å². The third-order valence-electron chi connectivity index (χ3n) is 2.83. The van der Waals surface area contributed by atoms with Gasteiger partial charge in [-0.3, -0.25) is 14.3 Å². The molecule has 0 saturated carbocycles. The molecule has 0 bridgehead atoms. The molecule has 6 heteroatoms. The number of esters is 1. The summed E-state index contributed by atoms with van der Waals surface area (Å²) in [5.41, 5.74) is 0.398. The van der Waals surface area contributed by atoms with Gasteiger partial charge >= 0.3 is 5.97 Å². The number of aromatic nitrogens is 2. The van der Waals surface area contributed by atoms with Crippen LogP contribution in [0.4, 0.5) is 4.39 Å². The number of hydrogen-bond donors (Lipinski definition) is 0. The lowest BCUT2D eigenvalue weighted by Crippen LogP contribution is -2.26. The Balaban J connectivity index is 2.21. The minimum Gasteiger partial charge on any atom is -0.459 e. The first kappa shape index (κ1) is 15.9. The molecule has 1 aromatic heterocycles. The van der Waals surface area contributed by atoms with Crippen molar-refractivity contribution in [2.24, 2.45) is 0 Å². The summed E-state index contributed by atoms with van der Waals surface area (Å²) in [7, 11) is 0. The third-order valence-corrected chi connectivity index (χ3v) is 2.83. The molecule has 0 atom stereocenters. The summed E-state index contributed by atoms with van der Waals surface area (Å²) in [5, 5.41) is 4.05. The smallest absolute Gasteiger partial charge is 0.328 e. The maximum absolute atomic E-state index is 13.6. The topological polar surface area (TPSA) is 61.2 Å². The molecule has 1 heterocycles. The highest BCUT2D eigenvalue weighted by Crippen LogP contribution is 2.24. The number of rotatable bonds is 4. The zero-order valence-corrected chi connectivity index (χ0v) is 12.7. The van der Waals surface area contributed by atoms with Crippen molar-refractivity contribution in [1.29, 1.82) is 0 Å². The summed E-state index contributed by atoms with van der Waals surface area (Å²) >= 11 is 0. The van der Waals surface area contributed by atoms with Gasteiger partial charge in [0.05, 0.1) is 11.8 Å². The maximum atomic E-state index is 13.6. The summed E-state index contributed by atoms with van der Waals surface area (Å²) in [6.45, 7) is 5.29. The van der Waals surface area contributed by atoms with Crippen molar-refractivity contribution in [3.63, 3.8) is 0 Å². The molecule has 116 valence electrons. The second-order valence-electron chi connectivity index (χ2n) is 5.83. The van der Waals surface area contributed by atoms with Crippen LogP contribution in [-0.2, 0) is 16.1 Å². The molecule has 0 fully saturated rings. The SMILES string of the molecule is CC(C)(C)OC(=O)Cn1cc(-c2cccc(F)c2C=O)cn1. The molecule has 0 aliphatic rings. The van der Waals surface area contributed by atoms with Gasteiger partial charge in [-0.15, -0.1) is 0 Å². The standard InChI is InChI=1S/C16H17FN2O3/c1-16(2,3)22-15(21)9-19-8-11(7-18-19)12-5-4-6-14(17)13(12)10-20/h4-8,10H,9H2,1-3H3. The van der Waals surface area contributed by atoms with Crippen molar-refractivity contribution < 1.29 is 18.7 Å². The Kier molecular flexibility index (Phi) is 4.40. The normalized spacial score (nSPS) is 11.3. The van der Waals surface area contributed by atoms with E-state index in [4.69, 9.17) is 4.74 Å². The van der Waals surface area contributed by atoms with Crippen LogP contribution in [0, 0.1) is 5.82 Å². The van der Waals surface area contributed by atoms with Crippen LogP contribution in [0.25, 0.3) is 11.1 Å². The molecule has 0 unspecified atom stereocenters. The quantitative estimate of drug-likeness (QED) is 0.643. The van der Waals surface area contributed by atoms with Crippen molar-refractivity contribution in [3.8, 4) is 11.1 Å². The highest BCUT2D eigenvalue weighted by atomic mass is 19.1. The van der Waals surface area contributed by atoms with Gasteiger partial charge in [-0.1, -0.05) is 12.1 Å². The van der Waals surface area contributed by atoms with E-state index in [2.05, 4.69) is 5.10 Å². The highest BCUT2D eigenvalue weighted by molar-refractivity contribution is 5.87. The molecule has 0 spiro atoms. The molecule has 2 aromatic rings. The molecule has 2 rings (SSSR count). The van der Waals surface area contributed by atoms with E-state index in [-0.39, 0.29) is 12.1 Å². The number of nitrogens with zero attached hydrogens (tertiary/aromatic N) is 2. The van der Waals surface area contributed by atoms with Crippen molar-refractivity contribution in [2.75, 3.05) is 0 Å². The van der Waals surface area contributed by atoms with Crippen LogP contribution in [0.3, 0.4) is 0 Å². The van der Waals surface area contributed by atoms with Gasteiger partial charge in [-0.05, 0) is 32.4 Å². The van der Waals surface area contributed by atoms with Gasteiger partial charge in [0.25, 0.3) is 0 Å². The molecule has 0 aliphatic carbocycles. The number of benzene rings is 1. The molecule has 0 amide bonds. The van der Waals surface area contributed by atoms with Crippen molar-refractivity contribution in [2.45, 2.75) is 32.9 Å². The molecule has 5 nitrogen and oxygen atoms in total. The number of carbonyl (C=O) groups excluding carboxylic acids is 2. The van der Waals surface area contributed by atoms with E-state index in [1.165, 1.54) is 23.0 Å². The number of halogens is 1. The van der Waals surface area contributed by atoms with E-state index in [9.17, 15) is 14.0 Å². The van der Waals surface area contributed by atoms with E-state index >= 15 is 0 Å². The van der Waals surface area contributed by atoms with Crippen LogP contribution in [0.15, 0.2) is 30.6 Å². The largest absolute Gasteiger partial charge is 0.459 e. The second-order valence-corrected chi connectivity index (χ2v) is 5.83. The van der Waals surface area contributed by atoms with E-state index in [1.54, 1.807) is 33.0 Å². The average molecular weight is 304 g/mol. The van der Waals surface area contributed by atoms with Crippen LogP contribution >= 0.6 is 0 Å². The Morgan fingerprint density at radius 3 is 2.77 bits per heavy atom. The number of carbonyl (C=O) groups is 2. The molecular weight excluding hydrogens is 287 g/mol. The molecule has 22 heavy (non-hydrogen) atoms. The first-order chi connectivity index (χ1) is 10.3. The number of ether oxygens (including phenoxy) is 1. The monoisotopic (exact) mass is 304 g/mol. The maximum Gasteiger partial charge on any atom is 0.328 e. The molecule has 1 aromatic carbocycles. The summed E-state index contributed by atoms with van der Waals surface area (Å²) in [6.07, 6.45) is 3.52. The van der Waals surface area contributed by atoms with Gasteiger partial charge in [0.1, 0.15) is 18.0 Å². The fourth-order valence-corrected chi connectivity index (χ4v) is 2.00. The Morgan fingerprint density at radius 1 is 1.41 bits per heavy atom. The highest BCUT2D eigenvalue weighted by Gasteiger charge is 2.17. The molecule has 0 aliphatic heterocycles. The zero-order valence-electron chi connectivity index (χ0n) is 12.7. The number of aldehydes is 1. The Morgan fingerprint density at radius 2 is 2.14 bits per heavy atom. The Hall–Kier alpha value is -2.50. The summed E-state index contributed by atoms with van der Waals surface area (Å²) < 4.78 is 20.2. The van der Waals surface area contributed by atoms with Gasteiger partial charge < -0.3 is 4.74 Å². The van der Waals surface area contributed by atoms with E-state index in [0.29, 0.717) is 17.4 Å². The first-order valence-corrected chi connectivity index (χ1v) is 6.78. The Bertz CT molecular complexity index is 702. The van der Waals surface area contributed by atoms with Crippen LogP contribution in [-0.4, -0.2) is 27.6 Å². The summed E-state index contributed by atoms with van der Waals surface area (Å²) in [5.74, 6) is -1.01. The Labute approximate surface area is 127 Å². The molecule has 0 saturated heterocycles. The minimum atomic E-state index is -0.590. The van der Waals surface area contributed by atoms with Crippen LogP contribution in [0.5, 0.6) is 0 Å². The lowest BCUT2D eigenvalue weighted by Gasteiger charge is -2.19. The second kappa shape index (κ2) is 6.09. The summed E-state index contributed by atoms with van der Waals surface area (Å²) in [6, 6.07) is 4.36.